The van der Waals surface area contributed by atoms with Gasteiger partial charge in [0.1, 0.15) is 23.3 Å². The normalized spacial score (nSPS) is 18.7. The number of nitrogens with zero attached hydrogens (tertiary/aromatic N) is 7. The Morgan fingerprint density at radius 3 is 2.52 bits per heavy atom. The fourth-order valence-electron chi connectivity index (χ4n) is 4.15. The molecule has 3 aromatic heterocycles. The topological polar surface area (TPSA) is 74.3 Å². The SMILES string of the molecule is Cc1nc([C@@H]2C[C@H]2c2nc3ccccc3n2C)cc(-n2nc(C)nc2C(C)C)n1. The lowest BCUT2D eigenvalue weighted by Crippen LogP contribution is -2.09. The third-order valence-electron chi connectivity index (χ3n) is 5.64. The maximum absolute atomic E-state index is 4.89. The Morgan fingerprint density at radius 2 is 1.76 bits per heavy atom. The molecule has 3 heterocycles. The van der Waals surface area contributed by atoms with Crippen LogP contribution in [0.25, 0.3) is 16.9 Å². The second-order valence-electron chi connectivity index (χ2n) is 8.25. The fraction of sp³-hybridized carbons (Fsp3) is 0.409. The van der Waals surface area contributed by atoms with Gasteiger partial charge in [0.25, 0.3) is 0 Å². The van der Waals surface area contributed by atoms with Crippen LogP contribution in [0.1, 0.15) is 67.0 Å². The van der Waals surface area contributed by atoms with Gasteiger partial charge in [0.15, 0.2) is 5.82 Å². The number of benzene rings is 1. The van der Waals surface area contributed by atoms with E-state index < -0.39 is 0 Å². The van der Waals surface area contributed by atoms with Gasteiger partial charge >= 0.3 is 0 Å². The highest BCUT2D eigenvalue weighted by atomic mass is 15.4. The zero-order chi connectivity index (χ0) is 20.3. The largest absolute Gasteiger partial charge is 0.331 e. The Kier molecular flexibility index (Phi) is 4.01. The smallest absolute Gasteiger partial charge is 0.159 e. The van der Waals surface area contributed by atoms with Gasteiger partial charge < -0.3 is 4.57 Å². The van der Waals surface area contributed by atoms with Gasteiger partial charge in [-0.1, -0.05) is 26.0 Å². The van der Waals surface area contributed by atoms with Crippen molar-refractivity contribution in [1.29, 1.82) is 0 Å². The van der Waals surface area contributed by atoms with Crippen LogP contribution < -0.4 is 0 Å². The van der Waals surface area contributed by atoms with Crippen molar-refractivity contribution < 1.29 is 0 Å². The van der Waals surface area contributed by atoms with Crippen LogP contribution in [0.3, 0.4) is 0 Å². The molecule has 0 bridgehead atoms. The van der Waals surface area contributed by atoms with Gasteiger partial charge in [-0.2, -0.15) is 4.68 Å². The predicted octanol–water partition coefficient (Wildman–Crippen LogP) is 3.96. The minimum Gasteiger partial charge on any atom is -0.331 e. The fourth-order valence-corrected chi connectivity index (χ4v) is 4.15. The molecule has 0 saturated heterocycles. The summed E-state index contributed by atoms with van der Waals surface area (Å²) in [6.07, 6.45) is 1.06. The summed E-state index contributed by atoms with van der Waals surface area (Å²) >= 11 is 0. The molecular formula is C22H25N7. The molecule has 0 aliphatic heterocycles. The van der Waals surface area contributed by atoms with Crippen LogP contribution >= 0.6 is 0 Å². The van der Waals surface area contributed by atoms with Crippen LogP contribution in [-0.4, -0.2) is 34.3 Å². The third kappa shape index (κ3) is 3.01. The van der Waals surface area contributed by atoms with Crippen molar-refractivity contribution in [2.75, 3.05) is 0 Å². The van der Waals surface area contributed by atoms with Gasteiger partial charge in [0, 0.05) is 30.9 Å². The van der Waals surface area contributed by atoms with E-state index in [1.807, 2.05) is 24.6 Å². The second-order valence-corrected chi connectivity index (χ2v) is 8.25. The first-order chi connectivity index (χ1) is 13.9. The molecule has 148 valence electrons. The van der Waals surface area contributed by atoms with Crippen LogP contribution in [0.4, 0.5) is 0 Å². The van der Waals surface area contributed by atoms with Gasteiger partial charge in [-0.15, -0.1) is 5.10 Å². The van der Waals surface area contributed by atoms with Gasteiger partial charge in [-0.3, -0.25) is 0 Å². The van der Waals surface area contributed by atoms with Gasteiger partial charge in [-0.25, -0.2) is 19.9 Å². The molecule has 1 aliphatic carbocycles. The predicted molar refractivity (Wildman–Crippen MR) is 111 cm³/mol. The molecule has 4 aromatic rings. The van der Waals surface area contributed by atoms with E-state index in [2.05, 4.69) is 64.8 Å². The average Bonchev–Trinajstić information content (AvgIpc) is 3.28. The summed E-state index contributed by atoms with van der Waals surface area (Å²) in [5.74, 6) is 5.39. The van der Waals surface area contributed by atoms with Crippen molar-refractivity contribution in [1.82, 2.24) is 34.3 Å². The van der Waals surface area contributed by atoms with Crippen molar-refractivity contribution in [2.24, 2.45) is 7.05 Å². The number of rotatable bonds is 4. The summed E-state index contributed by atoms with van der Waals surface area (Å²) < 4.78 is 4.08. The number of aromatic nitrogens is 7. The van der Waals surface area contributed by atoms with Gasteiger partial charge in [0.05, 0.1) is 16.7 Å². The van der Waals surface area contributed by atoms with Crippen molar-refractivity contribution in [3.8, 4) is 5.82 Å². The Bertz CT molecular complexity index is 1220. The van der Waals surface area contributed by atoms with E-state index in [4.69, 9.17) is 9.97 Å². The molecule has 0 unspecified atom stereocenters. The van der Waals surface area contributed by atoms with E-state index in [1.54, 1.807) is 0 Å². The van der Waals surface area contributed by atoms with E-state index in [1.165, 1.54) is 5.52 Å². The molecule has 0 amide bonds. The third-order valence-corrected chi connectivity index (χ3v) is 5.64. The summed E-state index contributed by atoms with van der Waals surface area (Å²) in [6, 6.07) is 10.4. The number of aryl methyl sites for hydroxylation is 3. The van der Waals surface area contributed by atoms with E-state index >= 15 is 0 Å². The number of fused-ring (bicyclic) bond motifs is 1. The minimum atomic E-state index is 0.267. The summed E-state index contributed by atoms with van der Waals surface area (Å²) in [4.78, 5) is 18.9. The summed E-state index contributed by atoms with van der Waals surface area (Å²) in [5.41, 5.74) is 3.29. The van der Waals surface area contributed by atoms with Gasteiger partial charge in [-0.05, 0) is 32.4 Å². The molecule has 5 rings (SSSR count). The standard InChI is InChI=1S/C22H25N7/c1-12(2)21-25-14(4)27-29(21)20-11-18(23-13(3)24-20)15-10-16(15)22-26-17-8-6-7-9-19(17)28(22)5/h6-9,11-12,15-16H,10H2,1-5H3/t15-,16-/m1/s1. The van der Waals surface area contributed by atoms with Crippen molar-refractivity contribution in [3.63, 3.8) is 0 Å². The van der Waals surface area contributed by atoms with Crippen LogP contribution in [0, 0.1) is 13.8 Å². The molecule has 0 N–H and O–H groups in total. The summed E-state index contributed by atoms with van der Waals surface area (Å²) in [7, 11) is 2.10. The zero-order valence-corrected chi connectivity index (χ0v) is 17.5. The number of hydrogen-bond acceptors (Lipinski definition) is 5. The first kappa shape index (κ1) is 18.0. The molecule has 2 atom stereocenters. The van der Waals surface area contributed by atoms with E-state index in [9.17, 15) is 0 Å². The van der Waals surface area contributed by atoms with Crippen LogP contribution in [-0.2, 0) is 7.05 Å². The Balaban J connectivity index is 1.51. The Hall–Kier alpha value is -3.09. The van der Waals surface area contributed by atoms with Crippen molar-refractivity contribution >= 4 is 11.0 Å². The van der Waals surface area contributed by atoms with Crippen LogP contribution in [0.15, 0.2) is 30.3 Å². The Labute approximate surface area is 169 Å². The molecule has 1 saturated carbocycles. The van der Waals surface area contributed by atoms with E-state index in [0.29, 0.717) is 11.8 Å². The molecule has 1 fully saturated rings. The summed E-state index contributed by atoms with van der Waals surface area (Å²) in [6.45, 7) is 8.10. The van der Waals surface area contributed by atoms with E-state index in [0.717, 1.165) is 46.7 Å². The summed E-state index contributed by atoms with van der Waals surface area (Å²) in [5, 5.41) is 4.58. The maximum atomic E-state index is 4.89. The molecule has 1 aromatic carbocycles. The average molecular weight is 387 g/mol. The lowest BCUT2D eigenvalue weighted by atomic mass is 10.2. The van der Waals surface area contributed by atoms with Crippen LogP contribution in [0.2, 0.25) is 0 Å². The minimum absolute atomic E-state index is 0.267. The first-order valence-electron chi connectivity index (χ1n) is 10.1. The lowest BCUT2D eigenvalue weighted by Gasteiger charge is -2.10. The molecule has 7 nitrogen and oxygen atoms in total. The van der Waals surface area contributed by atoms with Crippen LogP contribution in [0.5, 0.6) is 0 Å². The number of para-hydroxylation sites is 2. The zero-order valence-electron chi connectivity index (χ0n) is 17.5. The second kappa shape index (κ2) is 6.47. The molecule has 1 aliphatic rings. The quantitative estimate of drug-likeness (QED) is 0.530. The number of hydrogen-bond donors (Lipinski definition) is 0. The van der Waals surface area contributed by atoms with E-state index in [-0.39, 0.29) is 5.92 Å². The first-order valence-corrected chi connectivity index (χ1v) is 10.1. The lowest BCUT2D eigenvalue weighted by molar-refractivity contribution is 0.694. The van der Waals surface area contributed by atoms with Gasteiger partial charge in [0.2, 0.25) is 0 Å². The van der Waals surface area contributed by atoms with Crippen molar-refractivity contribution in [2.45, 2.75) is 51.9 Å². The molecule has 7 heteroatoms. The maximum Gasteiger partial charge on any atom is 0.159 e. The molecule has 29 heavy (non-hydrogen) atoms. The highest BCUT2D eigenvalue weighted by Crippen LogP contribution is 2.54. The highest BCUT2D eigenvalue weighted by Gasteiger charge is 2.44. The van der Waals surface area contributed by atoms with Crippen molar-refractivity contribution in [3.05, 3.63) is 59.3 Å². The Morgan fingerprint density at radius 1 is 0.966 bits per heavy atom. The highest BCUT2D eigenvalue weighted by molar-refractivity contribution is 5.76. The molecule has 0 spiro atoms. The monoisotopic (exact) mass is 387 g/mol. The molecular weight excluding hydrogens is 362 g/mol. The molecule has 0 radical (unpaired) electrons. The number of imidazole rings is 1.